The number of thiophene rings is 1. The normalized spacial score (nSPS) is 17.1. The van der Waals surface area contributed by atoms with Crippen LogP contribution in [0.1, 0.15) is 16.9 Å². The zero-order chi connectivity index (χ0) is 18.0. The standard InChI is InChI=1S/C19H17N3O3S/c1-21-7-6-10-8-11(2-5-14(10)21)22-18(24)16-13-4-3-12(23)9-15(13)26-17(16)20-19(22)25/h2,5-8,12,23H,3-4,9H2,1H3,(H,20,25). The van der Waals surface area contributed by atoms with E-state index in [1.165, 1.54) is 15.9 Å². The van der Waals surface area contributed by atoms with E-state index in [0.717, 1.165) is 21.3 Å². The van der Waals surface area contributed by atoms with E-state index in [-0.39, 0.29) is 11.7 Å². The molecule has 0 bridgehead atoms. The highest BCUT2D eigenvalue weighted by molar-refractivity contribution is 7.18. The Balaban J connectivity index is 1.79. The highest BCUT2D eigenvalue weighted by Gasteiger charge is 2.24. The SMILES string of the molecule is Cn1ccc2cc(-n3c(=O)[nH]c4sc5c(c4c3=O)CCC(O)C5)ccc21. The van der Waals surface area contributed by atoms with Crippen molar-refractivity contribution in [3.05, 3.63) is 61.7 Å². The molecule has 3 heterocycles. The average molecular weight is 367 g/mol. The molecule has 1 atom stereocenters. The van der Waals surface area contributed by atoms with Crippen molar-refractivity contribution in [3.8, 4) is 5.69 Å². The molecule has 7 heteroatoms. The molecule has 0 fully saturated rings. The Hall–Kier alpha value is -2.64. The van der Waals surface area contributed by atoms with Crippen LogP contribution in [-0.4, -0.2) is 25.3 Å². The zero-order valence-electron chi connectivity index (χ0n) is 14.2. The Kier molecular flexibility index (Phi) is 3.26. The molecule has 3 aromatic heterocycles. The summed E-state index contributed by atoms with van der Waals surface area (Å²) in [6, 6.07) is 7.54. The van der Waals surface area contributed by atoms with Crippen LogP contribution >= 0.6 is 11.3 Å². The summed E-state index contributed by atoms with van der Waals surface area (Å²) >= 11 is 1.41. The maximum atomic E-state index is 13.2. The van der Waals surface area contributed by atoms with Gasteiger partial charge in [-0.05, 0) is 42.7 Å². The van der Waals surface area contributed by atoms with Crippen molar-refractivity contribution < 1.29 is 5.11 Å². The quantitative estimate of drug-likeness (QED) is 0.541. The lowest BCUT2D eigenvalue weighted by Crippen LogP contribution is -2.33. The molecule has 6 nitrogen and oxygen atoms in total. The van der Waals surface area contributed by atoms with Crippen molar-refractivity contribution in [2.24, 2.45) is 7.05 Å². The lowest BCUT2D eigenvalue weighted by Gasteiger charge is -2.16. The molecule has 0 amide bonds. The van der Waals surface area contributed by atoms with Gasteiger partial charge in [-0.25, -0.2) is 9.36 Å². The van der Waals surface area contributed by atoms with Crippen molar-refractivity contribution in [1.82, 2.24) is 14.1 Å². The van der Waals surface area contributed by atoms with Gasteiger partial charge >= 0.3 is 5.69 Å². The molecule has 26 heavy (non-hydrogen) atoms. The summed E-state index contributed by atoms with van der Waals surface area (Å²) in [4.78, 5) is 30.3. The lowest BCUT2D eigenvalue weighted by atomic mass is 9.95. The summed E-state index contributed by atoms with van der Waals surface area (Å²) in [5.74, 6) is 0. The fourth-order valence-electron chi connectivity index (χ4n) is 3.88. The van der Waals surface area contributed by atoms with Crippen LogP contribution in [0.2, 0.25) is 0 Å². The topological polar surface area (TPSA) is 80.0 Å². The molecule has 0 saturated carbocycles. The third kappa shape index (κ3) is 2.14. The van der Waals surface area contributed by atoms with Gasteiger partial charge in [-0.1, -0.05) is 0 Å². The fraction of sp³-hybridized carbons (Fsp3) is 0.263. The van der Waals surface area contributed by atoms with Crippen LogP contribution in [0.25, 0.3) is 26.8 Å². The minimum atomic E-state index is -0.433. The number of nitrogens with zero attached hydrogens (tertiary/aromatic N) is 2. The number of aryl methyl sites for hydroxylation is 2. The first kappa shape index (κ1) is 15.6. The van der Waals surface area contributed by atoms with E-state index in [0.29, 0.717) is 35.2 Å². The molecule has 1 aliphatic carbocycles. The second kappa shape index (κ2) is 5.43. The summed E-state index contributed by atoms with van der Waals surface area (Å²) < 4.78 is 3.21. The molecule has 1 aliphatic rings. The Morgan fingerprint density at radius 3 is 2.96 bits per heavy atom. The molecule has 0 spiro atoms. The largest absolute Gasteiger partial charge is 0.393 e. The number of aliphatic hydroxyl groups excluding tert-OH is 1. The number of hydrogen-bond donors (Lipinski definition) is 2. The molecule has 2 N–H and O–H groups in total. The third-order valence-corrected chi connectivity index (χ3v) is 6.38. The van der Waals surface area contributed by atoms with Crippen LogP contribution in [-0.2, 0) is 19.9 Å². The Morgan fingerprint density at radius 1 is 1.27 bits per heavy atom. The van der Waals surface area contributed by atoms with E-state index in [9.17, 15) is 14.7 Å². The first-order valence-electron chi connectivity index (χ1n) is 8.56. The first-order chi connectivity index (χ1) is 12.5. The number of hydrogen-bond acceptors (Lipinski definition) is 4. The first-order valence-corrected chi connectivity index (χ1v) is 9.37. The van der Waals surface area contributed by atoms with Crippen molar-refractivity contribution in [3.63, 3.8) is 0 Å². The van der Waals surface area contributed by atoms with Crippen LogP contribution in [0.15, 0.2) is 40.1 Å². The van der Waals surface area contributed by atoms with Gasteiger partial charge in [0, 0.05) is 35.4 Å². The van der Waals surface area contributed by atoms with E-state index >= 15 is 0 Å². The molecular weight excluding hydrogens is 350 g/mol. The van der Waals surface area contributed by atoms with Crippen LogP contribution in [0.5, 0.6) is 0 Å². The summed E-state index contributed by atoms with van der Waals surface area (Å²) in [6.45, 7) is 0. The average Bonchev–Trinajstić information content (AvgIpc) is 3.14. The second-order valence-electron chi connectivity index (χ2n) is 6.85. The van der Waals surface area contributed by atoms with Crippen LogP contribution < -0.4 is 11.2 Å². The zero-order valence-corrected chi connectivity index (χ0v) is 15.0. The maximum absolute atomic E-state index is 13.2. The van der Waals surface area contributed by atoms with Gasteiger partial charge in [0.25, 0.3) is 5.56 Å². The molecular formula is C19H17N3O3S. The van der Waals surface area contributed by atoms with Gasteiger partial charge in [-0.15, -0.1) is 11.3 Å². The molecule has 5 rings (SSSR count). The molecule has 0 aliphatic heterocycles. The summed E-state index contributed by atoms with van der Waals surface area (Å²) in [7, 11) is 1.96. The highest BCUT2D eigenvalue weighted by atomic mass is 32.1. The number of aliphatic hydroxyl groups is 1. The molecule has 0 saturated heterocycles. The smallest absolute Gasteiger partial charge is 0.334 e. The van der Waals surface area contributed by atoms with Gasteiger partial charge in [0.1, 0.15) is 4.83 Å². The Labute approximate surface area is 151 Å². The number of rotatable bonds is 1. The number of benzene rings is 1. The molecule has 4 aromatic rings. The van der Waals surface area contributed by atoms with Gasteiger partial charge in [-0.3, -0.25) is 9.78 Å². The third-order valence-electron chi connectivity index (χ3n) is 5.21. The molecule has 0 radical (unpaired) electrons. The van der Waals surface area contributed by atoms with Gasteiger partial charge in [0.2, 0.25) is 0 Å². The Bertz CT molecular complexity index is 1290. The van der Waals surface area contributed by atoms with Crippen molar-refractivity contribution in [2.75, 3.05) is 0 Å². The van der Waals surface area contributed by atoms with Crippen LogP contribution in [0.4, 0.5) is 0 Å². The predicted octanol–water partition coefficient (Wildman–Crippen LogP) is 2.08. The summed E-state index contributed by atoms with van der Waals surface area (Å²) in [5, 5.41) is 11.5. The van der Waals surface area contributed by atoms with Gasteiger partial charge in [0.15, 0.2) is 0 Å². The summed E-state index contributed by atoms with van der Waals surface area (Å²) in [6.07, 6.45) is 3.44. The molecule has 1 unspecified atom stereocenters. The number of H-pyrrole nitrogens is 1. The minimum absolute atomic E-state index is 0.284. The van der Waals surface area contributed by atoms with Gasteiger partial charge in [-0.2, -0.15) is 0 Å². The summed E-state index contributed by atoms with van der Waals surface area (Å²) in [5.41, 5.74) is 1.87. The molecule has 132 valence electrons. The van der Waals surface area contributed by atoms with Crippen LogP contribution in [0, 0.1) is 0 Å². The van der Waals surface area contributed by atoms with E-state index < -0.39 is 5.69 Å². The second-order valence-corrected chi connectivity index (χ2v) is 7.95. The van der Waals surface area contributed by atoms with Crippen LogP contribution in [0.3, 0.4) is 0 Å². The number of aromatic amines is 1. The predicted molar refractivity (Wildman–Crippen MR) is 103 cm³/mol. The molecule has 1 aromatic carbocycles. The van der Waals surface area contributed by atoms with E-state index in [2.05, 4.69) is 4.98 Å². The fourth-order valence-corrected chi connectivity index (χ4v) is 5.18. The Morgan fingerprint density at radius 2 is 2.12 bits per heavy atom. The number of fused-ring (bicyclic) bond motifs is 4. The van der Waals surface area contributed by atoms with Crippen molar-refractivity contribution in [1.29, 1.82) is 0 Å². The lowest BCUT2D eigenvalue weighted by molar-refractivity contribution is 0.160. The number of nitrogens with one attached hydrogen (secondary N) is 1. The van der Waals surface area contributed by atoms with Gasteiger partial charge < -0.3 is 9.67 Å². The highest BCUT2D eigenvalue weighted by Crippen LogP contribution is 2.33. The van der Waals surface area contributed by atoms with Crippen molar-refractivity contribution in [2.45, 2.75) is 25.4 Å². The maximum Gasteiger partial charge on any atom is 0.334 e. The monoisotopic (exact) mass is 367 g/mol. The van der Waals surface area contributed by atoms with E-state index in [4.69, 9.17) is 0 Å². The van der Waals surface area contributed by atoms with E-state index in [1.807, 2.05) is 36.0 Å². The number of aromatic nitrogens is 3. The van der Waals surface area contributed by atoms with E-state index in [1.54, 1.807) is 6.07 Å². The van der Waals surface area contributed by atoms with Gasteiger partial charge in [0.05, 0.1) is 17.2 Å². The van der Waals surface area contributed by atoms with Crippen molar-refractivity contribution >= 4 is 32.5 Å². The minimum Gasteiger partial charge on any atom is -0.393 e.